The Labute approximate surface area is 116 Å². The van der Waals surface area contributed by atoms with Crippen LogP contribution in [0.4, 0.5) is 0 Å². The van der Waals surface area contributed by atoms with Crippen LogP contribution in [0.15, 0.2) is 23.1 Å². The molecule has 0 bridgehead atoms. The van der Waals surface area contributed by atoms with E-state index in [0.717, 1.165) is 6.54 Å². The first-order valence-electron chi connectivity index (χ1n) is 7.35. The molecule has 0 heterocycles. The second-order valence-corrected chi connectivity index (χ2v) is 6.26. The predicted octanol–water partition coefficient (Wildman–Crippen LogP) is 4.05. The van der Waals surface area contributed by atoms with Crippen LogP contribution in [-0.2, 0) is 12.8 Å². The van der Waals surface area contributed by atoms with E-state index < -0.39 is 0 Å². The normalized spacial score (nSPS) is 13.8. The molecule has 0 aromatic heterocycles. The van der Waals surface area contributed by atoms with Crippen molar-refractivity contribution in [2.75, 3.05) is 18.8 Å². The molecule has 0 unspecified atom stereocenters. The Balaban J connectivity index is 1.62. The minimum Gasteiger partial charge on any atom is -0.316 e. The number of hydrogen-bond donors (Lipinski definition) is 1. The van der Waals surface area contributed by atoms with Crippen molar-refractivity contribution in [3.05, 3.63) is 29.3 Å². The van der Waals surface area contributed by atoms with Crippen LogP contribution in [0.25, 0.3) is 0 Å². The third kappa shape index (κ3) is 4.33. The molecule has 1 N–H and O–H groups in total. The van der Waals surface area contributed by atoms with Gasteiger partial charge in [-0.05, 0) is 55.5 Å². The molecule has 0 fully saturated rings. The van der Waals surface area contributed by atoms with Gasteiger partial charge in [0.05, 0.1) is 0 Å². The first-order valence-corrected chi connectivity index (χ1v) is 8.34. The van der Waals surface area contributed by atoms with Crippen molar-refractivity contribution in [1.82, 2.24) is 5.32 Å². The van der Waals surface area contributed by atoms with E-state index >= 15 is 0 Å². The standard InChI is InChI=1S/C16H25NS/c1-2-3-4-10-17-11-12-18-16-9-8-14-6-5-7-15(14)13-16/h8-9,13,17H,2-7,10-12H2,1H3. The van der Waals surface area contributed by atoms with E-state index in [2.05, 4.69) is 30.4 Å². The van der Waals surface area contributed by atoms with E-state index in [1.807, 2.05) is 11.8 Å². The Kier molecular flexibility index (Phi) is 6.09. The lowest BCUT2D eigenvalue weighted by Gasteiger charge is -2.06. The third-order valence-electron chi connectivity index (χ3n) is 3.57. The molecule has 0 saturated carbocycles. The maximum absolute atomic E-state index is 3.52. The van der Waals surface area contributed by atoms with Gasteiger partial charge in [0.15, 0.2) is 0 Å². The molecular weight excluding hydrogens is 238 g/mol. The first-order chi connectivity index (χ1) is 8.90. The zero-order valence-corrected chi connectivity index (χ0v) is 12.3. The van der Waals surface area contributed by atoms with Crippen molar-refractivity contribution >= 4 is 11.8 Å². The number of benzene rings is 1. The van der Waals surface area contributed by atoms with Crippen LogP contribution in [0.5, 0.6) is 0 Å². The van der Waals surface area contributed by atoms with Gasteiger partial charge in [-0.1, -0.05) is 25.8 Å². The van der Waals surface area contributed by atoms with Crippen molar-refractivity contribution < 1.29 is 0 Å². The Hall–Kier alpha value is -0.470. The molecular formula is C16H25NS. The highest BCUT2D eigenvalue weighted by molar-refractivity contribution is 7.99. The Morgan fingerprint density at radius 2 is 2.00 bits per heavy atom. The number of thioether (sulfide) groups is 1. The van der Waals surface area contributed by atoms with Crippen LogP contribution >= 0.6 is 11.8 Å². The predicted molar refractivity (Wildman–Crippen MR) is 81.6 cm³/mol. The highest BCUT2D eigenvalue weighted by Gasteiger charge is 2.10. The summed E-state index contributed by atoms with van der Waals surface area (Å²) in [6, 6.07) is 7.04. The molecule has 100 valence electrons. The van der Waals surface area contributed by atoms with Gasteiger partial charge in [-0.15, -0.1) is 11.8 Å². The fourth-order valence-corrected chi connectivity index (χ4v) is 3.38. The summed E-state index contributed by atoms with van der Waals surface area (Å²) < 4.78 is 0. The summed E-state index contributed by atoms with van der Waals surface area (Å²) >= 11 is 1.99. The molecule has 2 rings (SSSR count). The van der Waals surface area contributed by atoms with Crippen molar-refractivity contribution in [2.45, 2.75) is 50.3 Å². The van der Waals surface area contributed by atoms with Gasteiger partial charge in [-0.3, -0.25) is 0 Å². The van der Waals surface area contributed by atoms with Gasteiger partial charge in [0.1, 0.15) is 0 Å². The van der Waals surface area contributed by atoms with Crippen LogP contribution in [0.1, 0.15) is 43.7 Å². The topological polar surface area (TPSA) is 12.0 Å². The Morgan fingerprint density at radius 1 is 1.11 bits per heavy atom. The van der Waals surface area contributed by atoms with E-state index in [0.29, 0.717) is 0 Å². The lowest BCUT2D eigenvalue weighted by Crippen LogP contribution is -2.18. The fraction of sp³-hybridized carbons (Fsp3) is 0.625. The quantitative estimate of drug-likeness (QED) is 0.561. The van der Waals surface area contributed by atoms with E-state index in [1.54, 1.807) is 11.1 Å². The second-order valence-electron chi connectivity index (χ2n) is 5.09. The number of hydrogen-bond acceptors (Lipinski definition) is 2. The number of fused-ring (bicyclic) bond motifs is 1. The first kappa shape index (κ1) is 14.0. The van der Waals surface area contributed by atoms with E-state index in [4.69, 9.17) is 0 Å². The molecule has 1 aliphatic carbocycles. The molecule has 1 nitrogen and oxygen atoms in total. The average Bonchev–Trinajstić information content (AvgIpc) is 2.85. The number of nitrogens with one attached hydrogen (secondary N) is 1. The lowest BCUT2D eigenvalue weighted by atomic mass is 10.1. The third-order valence-corrected chi connectivity index (χ3v) is 4.57. The fourth-order valence-electron chi connectivity index (χ4n) is 2.50. The van der Waals surface area contributed by atoms with Crippen molar-refractivity contribution in [2.24, 2.45) is 0 Å². The lowest BCUT2D eigenvalue weighted by molar-refractivity contribution is 0.636. The van der Waals surface area contributed by atoms with E-state index in [-0.39, 0.29) is 0 Å². The van der Waals surface area contributed by atoms with Crippen LogP contribution in [0.3, 0.4) is 0 Å². The van der Waals surface area contributed by atoms with Crippen LogP contribution in [-0.4, -0.2) is 18.8 Å². The Bertz CT molecular complexity index is 362. The van der Waals surface area contributed by atoms with E-state index in [1.165, 1.54) is 55.7 Å². The number of rotatable bonds is 8. The Morgan fingerprint density at radius 3 is 2.89 bits per heavy atom. The second kappa shape index (κ2) is 7.85. The monoisotopic (exact) mass is 263 g/mol. The van der Waals surface area contributed by atoms with Gasteiger partial charge in [0.25, 0.3) is 0 Å². The summed E-state index contributed by atoms with van der Waals surface area (Å²) in [5, 5.41) is 3.52. The maximum Gasteiger partial charge on any atom is 0.0106 e. The highest BCUT2D eigenvalue weighted by atomic mass is 32.2. The average molecular weight is 263 g/mol. The summed E-state index contributed by atoms with van der Waals surface area (Å²) in [5.41, 5.74) is 3.17. The summed E-state index contributed by atoms with van der Waals surface area (Å²) in [7, 11) is 0. The van der Waals surface area contributed by atoms with Gasteiger partial charge in [0, 0.05) is 17.2 Å². The van der Waals surface area contributed by atoms with Gasteiger partial charge in [0.2, 0.25) is 0 Å². The zero-order valence-electron chi connectivity index (χ0n) is 11.5. The molecule has 0 radical (unpaired) electrons. The minimum atomic E-state index is 1.13. The van der Waals surface area contributed by atoms with Crippen molar-refractivity contribution in [3.8, 4) is 0 Å². The smallest absolute Gasteiger partial charge is 0.0106 e. The molecule has 18 heavy (non-hydrogen) atoms. The van der Waals surface area contributed by atoms with Gasteiger partial charge in [-0.25, -0.2) is 0 Å². The summed E-state index contributed by atoms with van der Waals surface area (Å²) in [4.78, 5) is 1.45. The van der Waals surface area contributed by atoms with E-state index in [9.17, 15) is 0 Å². The summed E-state index contributed by atoms with van der Waals surface area (Å²) in [6.45, 7) is 4.56. The molecule has 1 aromatic rings. The largest absolute Gasteiger partial charge is 0.316 e. The van der Waals surface area contributed by atoms with Crippen molar-refractivity contribution in [1.29, 1.82) is 0 Å². The molecule has 0 spiro atoms. The maximum atomic E-state index is 3.52. The zero-order chi connectivity index (χ0) is 12.6. The highest BCUT2D eigenvalue weighted by Crippen LogP contribution is 2.27. The number of unbranched alkanes of at least 4 members (excludes halogenated alkanes) is 2. The van der Waals surface area contributed by atoms with Gasteiger partial charge >= 0.3 is 0 Å². The van der Waals surface area contributed by atoms with Gasteiger partial charge < -0.3 is 5.32 Å². The molecule has 0 atom stereocenters. The molecule has 1 aliphatic rings. The van der Waals surface area contributed by atoms with Gasteiger partial charge in [-0.2, -0.15) is 0 Å². The van der Waals surface area contributed by atoms with Crippen LogP contribution in [0, 0.1) is 0 Å². The summed E-state index contributed by atoms with van der Waals surface area (Å²) in [6.07, 6.45) is 7.91. The molecule has 0 saturated heterocycles. The number of aryl methyl sites for hydroxylation is 2. The molecule has 0 amide bonds. The minimum absolute atomic E-state index is 1.13. The molecule has 2 heteroatoms. The molecule has 1 aromatic carbocycles. The van der Waals surface area contributed by atoms with Crippen molar-refractivity contribution in [3.63, 3.8) is 0 Å². The van der Waals surface area contributed by atoms with Crippen LogP contribution < -0.4 is 5.32 Å². The SMILES string of the molecule is CCCCCNCCSc1ccc2c(c1)CCC2. The summed E-state index contributed by atoms with van der Waals surface area (Å²) in [5.74, 6) is 1.19. The molecule has 0 aliphatic heterocycles. The van der Waals surface area contributed by atoms with Crippen LogP contribution in [0.2, 0.25) is 0 Å².